The largest absolute Gasteiger partial charge is 0.506 e. The van der Waals surface area contributed by atoms with Gasteiger partial charge in [0.2, 0.25) is 0 Å². The number of hydrogen-bond donors (Lipinski definition) is 1. The number of nitrogens with zero attached hydrogens (tertiary/aromatic N) is 1. The SMILES string of the molecule is CCOC(=O)C1=C(O)/C(=C\c2ccc(OC)cc2OC)SC1=Nc1ccccc1OC. The molecule has 0 aliphatic carbocycles. The quantitative estimate of drug-likeness (QED) is 0.611. The van der Waals surface area contributed by atoms with Crippen LogP contribution in [0.4, 0.5) is 5.69 Å². The topological polar surface area (TPSA) is 86.6 Å². The molecule has 1 N–H and O–H groups in total. The summed E-state index contributed by atoms with van der Waals surface area (Å²) in [5.41, 5.74) is 1.25. The van der Waals surface area contributed by atoms with Crippen molar-refractivity contribution in [1.29, 1.82) is 0 Å². The number of methoxy groups -OCH3 is 3. The highest BCUT2D eigenvalue weighted by molar-refractivity contribution is 8.18. The highest BCUT2D eigenvalue weighted by atomic mass is 32.2. The number of hydrogen-bond acceptors (Lipinski definition) is 8. The molecule has 0 fully saturated rings. The molecule has 1 aliphatic rings. The number of aliphatic imine (C=N–C) groups is 1. The predicted octanol–water partition coefficient (Wildman–Crippen LogP) is 4.91. The lowest BCUT2D eigenvalue weighted by atomic mass is 10.1. The molecule has 8 heteroatoms. The number of aliphatic hydroxyl groups is 1. The maximum atomic E-state index is 12.6. The Kier molecular flexibility index (Phi) is 7.25. The van der Waals surface area contributed by atoms with E-state index in [9.17, 15) is 9.90 Å². The van der Waals surface area contributed by atoms with Crippen molar-refractivity contribution in [1.82, 2.24) is 0 Å². The Morgan fingerprint density at radius 3 is 2.48 bits per heavy atom. The summed E-state index contributed by atoms with van der Waals surface area (Å²) < 4.78 is 21.1. The molecule has 2 aromatic carbocycles. The van der Waals surface area contributed by atoms with E-state index in [2.05, 4.69) is 4.99 Å². The minimum absolute atomic E-state index is 0.0106. The minimum atomic E-state index is -0.647. The summed E-state index contributed by atoms with van der Waals surface area (Å²) in [5, 5.41) is 11.2. The highest BCUT2D eigenvalue weighted by Gasteiger charge is 2.33. The number of para-hydroxylation sites is 2. The van der Waals surface area contributed by atoms with E-state index in [4.69, 9.17) is 18.9 Å². The van der Waals surface area contributed by atoms with Gasteiger partial charge in [0.15, 0.2) is 0 Å². The highest BCUT2D eigenvalue weighted by Crippen LogP contribution is 2.42. The molecule has 0 amide bonds. The summed E-state index contributed by atoms with van der Waals surface area (Å²) in [6, 6.07) is 12.5. The second-order valence-corrected chi connectivity index (χ2v) is 7.28. The van der Waals surface area contributed by atoms with Crippen LogP contribution < -0.4 is 14.2 Å². The zero-order chi connectivity index (χ0) is 22.4. The maximum absolute atomic E-state index is 12.6. The molecule has 1 aliphatic heterocycles. The molecule has 7 nitrogen and oxygen atoms in total. The third-order valence-electron chi connectivity index (χ3n) is 4.40. The van der Waals surface area contributed by atoms with Gasteiger partial charge in [-0.05, 0) is 37.3 Å². The number of benzene rings is 2. The lowest BCUT2D eigenvalue weighted by Crippen LogP contribution is -2.12. The molecule has 0 aromatic heterocycles. The molecule has 0 spiro atoms. The van der Waals surface area contributed by atoms with Crippen LogP contribution in [-0.4, -0.2) is 44.1 Å². The van der Waals surface area contributed by atoms with Crippen LogP contribution in [0, 0.1) is 0 Å². The third kappa shape index (κ3) is 4.86. The number of thioether (sulfide) groups is 1. The predicted molar refractivity (Wildman–Crippen MR) is 121 cm³/mol. The molecule has 0 atom stereocenters. The number of carbonyl (C=O) groups is 1. The van der Waals surface area contributed by atoms with Crippen molar-refractivity contribution < 1.29 is 28.8 Å². The summed E-state index contributed by atoms with van der Waals surface area (Å²) >= 11 is 1.16. The Morgan fingerprint density at radius 1 is 1.06 bits per heavy atom. The van der Waals surface area contributed by atoms with Crippen LogP contribution in [0.5, 0.6) is 17.2 Å². The van der Waals surface area contributed by atoms with Crippen molar-refractivity contribution in [3.05, 3.63) is 64.3 Å². The first-order valence-electron chi connectivity index (χ1n) is 9.46. The van der Waals surface area contributed by atoms with E-state index in [1.807, 2.05) is 12.1 Å². The van der Waals surface area contributed by atoms with Gasteiger partial charge >= 0.3 is 5.97 Å². The van der Waals surface area contributed by atoms with E-state index >= 15 is 0 Å². The van der Waals surface area contributed by atoms with Crippen molar-refractivity contribution in [3.8, 4) is 17.2 Å². The van der Waals surface area contributed by atoms with Gasteiger partial charge in [0.1, 0.15) is 39.3 Å². The molecule has 31 heavy (non-hydrogen) atoms. The summed E-state index contributed by atoms with van der Waals surface area (Å²) in [4.78, 5) is 17.6. The first kappa shape index (κ1) is 22.3. The maximum Gasteiger partial charge on any atom is 0.344 e. The van der Waals surface area contributed by atoms with Crippen LogP contribution in [0.3, 0.4) is 0 Å². The Morgan fingerprint density at radius 2 is 1.81 bits per heavy atom. The lowest BCUT2D eigenvalue weighted by Gasteiger charge is -2.08. The van der Waals surface area contributed by atoms with Crippen LogP contribution in [0.25, 0.3) is 6.08 Å². The van der Waals surface area contributed by atoms with Gasteiger partial charge in [-0.1, -0.05) is 23.9 Å². The molecule has 1 heterocycles. The van der Waals surface area contributed by atoms with Crippen LogP contribution in [-0.2, 0) is 9.53 Å². The smallest absolute Gasteiger partial charge is 0.344 e. The molecule has 0 saturated heterocycles. The number of ether oxygens (including phenoxy) is 4. The Balaban J connectivity index is 2.09. The second-order valence-electron chi connectivity index (χ2n) is 6.25. The zero-order valence-corrected chi connectivity index (χ0v) is 18.5. The molecular weight excluding hydrogens is 418 g/mol. The van der Waals surface area contributed by atoms with Gasteiger partial charge < -0.3 is 24.1 Å². The lowest BCUT2D eigenvalue weighted by molar-refractivity contribution is -0.138. The first-order chi connectivity index (χ1) is 15.0. The van der Waals surface area contributed by atoms with Crippen LogP contribution >= 0.6 is 11.8 Å². The molecule has 3 rings (SSSR count). The van der Waals surface area contributed by atoms with Gasteiger partial charge in [0, 0.05) is 11.6 Å². The van der Waals surface area contributed by atoms with Crippen molar-refractivity contribution in [2.24, 2.45) is 4.99 Å². The number of carbonyl (C=O) groups excluding carboxylic acids is 1. The Bertz CT molecular complexity index is 1070. The molecule has 2 aromatic rings. The van der Waals surface area contributed by atoms with E-state index in [-0.39, 0.29) is 17.9 Å². The molecule has 162 valence electrons. The van der Waals surface area contributed by atoms with Gasteiger partial charge in [-0.15, -0.1) is 0 Å². The molecule has 0 saturated carbocycles. The van der Waals surface area contributed by atoms with Crippen LogP contribution in [0.15, 0.2) is 63.7 Å². The molecule has 0 unspecified atom stereocenters. The average molecular weight is 442 g/mol. The van der Waals surface area contributed by atoms with Gasteiger partial charge in [0.05, 0.1) is 32.8 Å². The average Bonchev–Trinajstić information content (AvgIpc) is 3.09. The van der Waals surface area contributed by atoms with Gasteiger partial charge in [0.25, 0.3) is 0 Å². The van der Waals surface area contributed by atoms with E-state index < -0.39 is 5.97 Å². The van der Waals surface area contributed by atoms with Crippen molar-refractivity contribution >= 4 is 34.5 Å². The minimum Gasteiger partial charge on any atom is -0.506 e. The normalized spacial score (nSPS) is 16.0. The Hall–Kier alpha value is -3.39. The standard InChI is InChI=1S/C23H23NO6S/c1-5-30-23(26)20-21(25)19(12-14-10-11-15(27-2)13-18(14)29-4)31-22(20)24-16-8-6-7-9-17(16)28-3/h6-13,25H,5H2,1-4H3/b19-12+,24-22?. The van der Waals surface area contributed by atoms with Crippen molar-refractivity contribution in [3.63, 3.8) is 0 Å². The van der Waals surface area contributed by atoms with Gasteiger partial charge in [-0.3, -0.25) is 0 Å². The third-order valence-corrected chi connectivity index (χ3v) is 5.42. The van der Waals surface area contributed by atoms with E-state index in [1.54, 1.807) is 64.7 Å². The Labute approximate surface area is 185 Å². The fraction of sp³-hybridized carbons (Fsp3) is 0.217. The fourth-order valence-corrected chi connectivity index (χ4v) is 3.92. The van der Waals surface area contributed by atoms with Crippen LogP contribution in [0.1, 0.15) is 12.5 Å². The van der Waals surface area contributed by atoms with Crippen molar-refractivity contribution in [2.45, 2.75) is 6.92 Å². The van der Waals surface area contributed by atoms with Crippen molar-refractivity contribution in [2.75, 3.05) is 27.9 Å². The van der Waals surface area contributed by atoms with Crippen LogP contribution in [0.2, 0.25) is 0 Å². The zero-order valence-electron chi connectivity index (χ0n) is 17.7. The van der Waals surface area contributed by atoms with E-state index in [0.717, 1.165) is 11.8 Å². The van der Waals surface area contributed by atoms with E-state index in [0.29, 0.717) is 38.4 Å². The molecular formula is C23H23NO6S. The summed E-state index contributed by atoms with van der Waals surface area (Å²) in [6.45, 7) is 1.88. The van der Waals surface area contributed by atoms with Gasteiger partial charge in [-0.2, -0.15) is 0 Å². The number of aliphatic hydroxyl groups excluding tert-OH is 1. The monoisotopic (exact) mass is 441 g/mol. The van der Waals surface area contributed by atoms with E-state index in [1.165, 1.54) is 0 Å². The second kappa shape index (κ2) is 10.1. The van der Waals surface area contributed by atoms with Gasteiger partial charge in [-0.25, -0.2) is 9.79 Å². The number of rotatable bonds is 7. The first-order valence-corrected chi connectivity index (χ1v) is 10.3. The summed E-state index contributed by atoms with van der Waals surface area (Å²) in [6.07, 6.45) is 1.72. The fourth-order valence-electron chi connectivity index (χ4n) is 2.90. The summed E-state index contributed by atoms with van der Waals surface area (Å²) in [7, 11) is 4.66. The summed E-state index contributed by atoms with van der Waals surface area (Å²) in [5.74, 6) is 0.908. The molecule has 0 bridgehead atoms. The molecule has 0 radical (unpaired) electrons. The number of esters is 1.